The van der Waals surface area contributed by atoms with Crippen molar-refractivity contribution in [3.8, 4) is 0 Å². The van der Waals surface area contributed by atoms with E-state index in [0.717, 1.165) is 25.7 Å². The molecular formula is C24H46N4O5. The Hall–Kier alpha value is -2.16. The third kappa shape index (κ3) is 12.0. The van der Waals surface area contributed by atoms with Crippen LogP contribution in [0.2, 0.25) is 0 Å². The van der Waals surface area contributed by atoms with Crippen molar-refractivity contribution in [1.82, 2.24) is 10.2 Å². The van der Waals surface area contributed by atoms with Crippen LogP contribution in [0.5, 0.6) is 0 Å². The van der Waals surface area contributed by atoms with Crippen LogP contribution in [0.25, 0.3) is 0 Å². The van der Waals surface area contributed by atoms with Crippen LogP contribution in [0, 0.1) is 11.8 Å². The zero-order valence-corrected chi connectivity index (χ0v) is 21.2. The molecule has 192 valence electrons. The Morgan fingerprint density at radius 3 is 1.91 bits per heavy atom. The van der Waals surface area contributed by atoms with Gasteiger partial charge in [0.05, 0.1) is 19.1 Å². The molecule has 3 amide bonds. The molecule has 9 heteroatoms. The average molecular weight is 471 g/mol. The fraction of sp³-hybridized carbons (Fsp3) is 0.833. The summed E-state index contributed by atoms with van der Waals surface area (Å²) in [5.41, 5.74) is 11.1. The molecule has 0 saturated heterocycles. The molecule has 33 heavy (non-hydrogen) atoms. The molecular weight excluding hydrogens is 424 g/mol. The summed E-state index contributed by atoms with van der Waals surface area (Å²) in [6, 6.07) is -1.17. The number of amides is 3. The predicted octanol–water partition coefficient (Wildman–Crippen LogP) is 2.11. The van der Waals surface area contributed by atoms with Crippen molar-refractivity contribution in [2.45, 2.75) is 98.1 Å². The fourth-order valence-electron chi connectivity index (χ4n) is 4.18. The Bertz CT molecular complexity index is 614. The predicted molar refractivity (Wildman–Crippen MR) is 129 cm³/mol. The molecule has 9 nitrogen and oxygen atoms in total. The highest BCUT2D eigenvalue weighted by Gasteiger charge is 2.31. The van der Waals surface area contributed by atoms with Crippen molar-refractivity contribution in [1.29, 1.82) is 0 Å². The summed E-state index contributed by atoms with van der Waals surface area (Å²) in [6.07, 6.45) is 4.62. The number of carbonyl (C=O) groups is 4. The molecule has 0 aromatic carbocycles. The monoisotopic (exact) mass is 470 g/mol. The first-order chi connectivity index (χ1) is 15.6. The first kappa shape index (κ1) is 30.8. The van der Waals surface area contributed by atoms with E-state index in [2.05, 4.69) is 5.32 Å². The molecule has 0 saturated carbocycles. The van der Waals surface area contributed by atoms with E-state index in [4.69, 9.17) is 16.2 Å². The van der Waals surface area contributed by atoms with E-state index in [1.54, 1.807) is 11.8 Å². The number of hydrogen-bond acceptors (Lipinski definition) is 6. The molecule has 0 rings (SSSR count). The van der Waals surface area contributed by atoms with Crippen LogP contribution in [-0.2, 0) is 23.9 Å². The van der Waals surface area contributed by atoms with Gasteiger partial charge in [0, 0.05) is 13.0 Å². The minimum absolute atomic E-state index is 0.0153. The Morgan fingerprint density at radius 2 is 1.45 bits per heavy atom. The lowest BCUT2D eigenvalue weighted by molar-refractivity contribution is -0.146. The minimum Gasteiger partial charge on any atom is -0.466 e. The summed E-state index contributed by atoms with van der Waals surface area (Å²) in [6.45, 7) is 10.6. The molecule has 0 radical (unpaired) electrons. The van der Waals surface area contributed by atoms with Crippen molar-refractivity contribution in [3.05, 3.63) is 0 Å². The number of nitrogens with two attached hydrogens (primary N) is 2. The zero-order valence-electron chi connectivity index (χ0n) is 21.2. The van der Waals surface area contributed by atoms with Crippen LogP contribution < -0.4 is 16.8 Å². The summed E-state index contributed by atoms with van der Waals surface area (Å²) in [4.78, 5) is 50.8. The summed E-state index contributed by atoms with van der Waals surface area (Å²) < 4.78 is 5.10. The number of rotatable bonds is 19. The van der Waals surface area contributed by atoms with Gasteiger partial charge in [-0.05, 0) is 51.0 Å². The summed E-state index contributed by atoms with van der Waals surface area (Å²) in [5, 5.41) is 3.17. The SMILES string of the molecule is CCCC(CNC(CC)C(N)=O)CC(=O)N(CC(CCC)CC(=O)OCC)C(CC)C(N)=O. The van der Waals surface area contributed by atoms with Crippen LogP contribution in [0.3, 0.4) is 0 Å². The van der Waals surface area contributed by atoms with Gasteiger partial charge < -0.3 is 26.4 Å². The first-order valence-corrected chi connectivity index (χ1v) is 12.4. The number of primary amides is 2. The maximum absolute atomic E-state index is 13.4. The maximum Gasteiger partial charge on any atom is 0.306 e. The number of esters is 1. The molecule has 0 bridgehead atoms. The lowest BCUT2D eigenvalue weighted by Crippen LogP contribution is -2.50. The van der Waals surface area contributed by atoms with Gasteiger partial charge in [0.25, 0.3) is 0 Å². The average Bonchev–Trinajstić information content (AvgIpc) is 2.73. The number of carbonyl (C=O) groups excluding carboxylic acids is 4. The third-order valence-electron chi connectivity index (χ3n) is 5.89. The third-order valence-corrected chi connectivity index (χ3v) is 5.89. The molecule has 0 fully saturated rings. The molecule has 0 aliphatic heterocycles. The first-order valence-electron chi connectivity index (χ1n) is 12.4. The van der Waals surface area contributed by atoms with E-state index in [0.29, 0.717) is 26.0 Å². The van der Waals surface area contributed by atoms with Gasteiger partial charge in [-0.15, -0.1) is 0 Å². The van der Waals surface area contributed by atoms with Crippen molar-refractivity contribution < 1.29 is 23.9 Å². The highest BCUT2D eigenvalue weighted by Crippen LogP contribution is 2.21. The highest BCUT2D eigenvalue weighted by atomic mass is 16.5. The smallest absolute Gasteiger partial charge is 0.306 e. The Morgan fingerprint density at radius 1 is 0.848 bits per heavy atom. The van der Waals surface area contributed by atoms with Gasteiger partial charge in [0.2, 0.25) is 17.7 Å². The standard InChI is InChI=1S/C24H46N4O5/c1-6-11-17(15-27-19(8-3)23(25)31)13-21(29)28(20(9-4)24(26)32)16-18(12-7-2)14-22(30)33-10-5/h17-20,27H,6-16H2,1-5H3,(H2,25,31)(H2,26,32). The normalized spacial score (nSPS) is 14.7. The zero-order chi connectivity index (χ0) is 25.4. The Kier molecular flexibility index (Phi) is 16.2. The van der Waals surface area contributed by atoms with Crippen molar-refractivity contribution in [3.63, 3.8) is 0 Å². The van der Waals surface area contributed by atoms with Gasteiger partial charge in [-0.2, -0.15) is 0 Å². The fourth-order valence-corrected chi connectivity index (χ4v) is 4.18. The Balaban J connectivity index is 5.57. The lowest BCUT2D eigenvalue weighted by atomic mass is 9.95. The highest BCUT2D eigenvalue weighted by molar-refractivity contribution is 5.86. The van der Waals surface area contributed by atoms with Crippen LogP contribution in [0.15, 0.2) is 0 Å². The van der Waals surface area contributed by atoms with Crippen molar-refractivity contribution in [2.75, 3.05) is 19.7 Å². The molecule has 4 atom stereocenters. The van der Waals surface area contributed by atoms with E-state index in [1.807, 2.05) is 27.7 Å². The topological polar surface area (TPSA) is 145 Å². The van der Waals surface area contributed by atoms with Gasteiger partial charge in [0.15, 0.2) is 0 Å². The second-order valence-electron chi connectivity index (χ2n) is 8.67. The number of ether oxygens (including phenoxy) is 1. The van der Waals surface area contributed by atoms with E-state index < -0.39 is 23.9 Å². The summed E-state index contributed by atoms with van der Waals surface area (Å²) >= 11 is 0. The Labute approximate surface area is 199 Å². The molecule has 0 heterocycles. The van der Waals surface area contributed by atoms with E-state index in [1.165, 1.54) is 0 Å². The molecule has 0 spiro atoms. The second-order valence-corrected chi connectivity index (χ2v) is 8.67. The minimum atomic E-state index is -0.733. The van der Waals surface area contributed by atoms with Crippen molar-refractivity contribution in [2.24, 2.45) is 23.3 Å². The largest absolute Gasteiger partial charge is 0.466 e. The van der Waals surface area contributed by atoms with Crippen LogP contribution in [0.4, 0.5) is 0 Å². The summed E-state index contributed by atoms with van der Waals surface area (Å²) in [7, 11) is 0. The number of hydrogen-bond donors (Lipinski definition) is 3. The van der Waals surface area contributed by atoms with Crippen LogP contribution in [0.1, 0.15) is 86.0 Å². The van der Waals surface area contributed by atoms with E-state index >= 15 is 0 Å². The molecule has 4 unspecified atom stereocenters. The van der Waals surface area contributed by atoms with Gasteiger partial charge in [-0.1, -0.05) is 40.5 Å². The van der Waals surface area contributed by atoms with Crippen molar-refractivity contribution >= 4 is 23.7 Å². The van der Waals surface area contributed by atoms with Gasteiger partial charge >= 0.3 is 5.97 Å². The quantitative estimate of drug-likeness (QED) is 0.247. The van der Waals surface area contributed by atoms with E-state index in [9.17, 15) is 19.2 Å². The second kappa shape index (κ2) is 17.3. The van der Waals surface area contributed by atoms with Crippen LogP contribution in [-0.4, -0.2) is 60.4 Å². The molecule has 0 aliphatic rings. The molecule has 0 aliphatic carbocycles. The van der Waals surface area contributed by atoms with Gasteiger partial charge in [-0.25, -0.2) is 0 Å². The van der Waals surface area contributed by atoms with Gasteiger partial charge in [-0.3, -0.25) is 19.2 Å². The molecule has 0 aromatic rings. The lowest BCUT2D eigenvalue weighted by Gasteiger charge is -2.33. The summed E-state index contributed by atoms with van der Waals surface area (Å²) in [5.74, 6) is -1.57. The number of nitrogens with one attached hydrogen (secondary N) is 1. The maximum atomic E-state index is 13.4. The number of nitrogens with zero attached hydrogens (tertiary/aromatic N) is 1. The van der Waals surface area contributed by atoms with E-state index in [-0.39, 0.29) is 43.1 Å². The molecule has 0 aromatic heterocycles. The van der Waals surface area contributed by atoms with Gasteiger partial charge in [0.1, 0.15) is 6.04 Å². The molecule has 5 N–H and O–H groups in total. The van der Waals surface area contributed by atoms with Crippen LogP contribution >= 0.6 is 0 Å².